The van der Waals surface area contributed by atoms with Crippen LogP contribution in [0.1, 0.15) is 30.0 Å². The fourth-order valence-corrected chi connectivity index (χ4v) is 4.04. The van der Waals surface area contributed by atoms with Crippen LogP contribution in [0, 0.1) is 0 Å². The van der Waals surface area contributed by atoms with Gasteiger partial charge in [-0.1, -0.05) is 60.7 Å². The van der Waals surface area contributed by atoms with E-state index < -0.39 is 0 Å². The first-order chi connectivity index (χ1) is 10.4. The molecule has 0 aliphatic carbocycles. The van der Waals surface area contributed by atoms with E-state index in [9.17, 15) is 0 Å². The van der Waals surface area contributed by atoms with Crippen LogP contribution in [-0.2, 0) is 0 Å². The molecule has 2 aromatic carbocycles. The van der Waals surface area contributed by atoms with E-state index in [0.29, 0.717) is 18.1 Å². The third kappa shape index (κ3) is 2.39. The number of piperazine rings is 1. The van der Waals surface area contributed by atoms with Crippen molar-refractivity contribution < 1.29 is 0 Å². The predicted octanol–water partition coefficient (Wildman–Crippen LogP) is 3.21. The average Bonchev–Trinajstić information content (AvgIpc) is 2.79. The zero-order valence-corrected chi connectivity index (χ0v) is 12.3. The molecular weight excluding hydrogens is 256 g/mol. The summed E-state index contributed by atoms with van der Waals surface area (Å²) in [6.07, 6.45) is 2.65. The average molecular weight is 278 g/mol. The minimum Gasteiger partial charge on any atom is -0.314 e. The Bertz CT molecular complexity index is 526. The fraction of sp³-hybridized carbons (Fsp3) is 0.368. The van der Waals surface area contributed by atoms with Crippen molar-refractivity contribution in [1.29, 1.82) is 0 Å². The summed E-state index contributed by atoms with van der Waals surface area (Å²) in [6.45, 7) is 2.26. The number of nitrogens with one attached hydrogen (secondary N) is 1. The molecule has 0 amide bonds. The molecule has 1 N–H and O–H groups in total. The lowest BCUT2D eigenvalue weighted by atomic mass is 9.95. The highest BCUT2D eigenvalue weighted by Gasteiger charge is 2.41. The van der Waals surface area contributed by atoms with Gasteiger partial charge in [0.05, 0.1) is 6.04 Å². The molecule has 2 bridgehead atoms. The Morgan fingerprint density at radius 1 is 0.762 bits per heavy atom. The highest BCUT2D eigenvalue weighted by Crippen LogP contribution is 2.39. The van der Waals surface area contributed by atoms with Crippen molar-refractivity contribution >= 4 is 0 Å². The van der Waals surface area contributed by atoms with E-state index in [4.69, 9.17) is 0 Å². The second-order valence-corrected chi connectivity index (χ2v) is 6.21. The second kappa shape index (κ2) is 5.63. The molecule has 2 aliphatic rings. The van der Waals surface area contributed by atoms with E-state index in [2.05, 4.69) is 70.9 Å². The lowest BCUT2D eigenvalue weighted by Gasteiger charge is -2.41. The van der Waals surface area contributed by atoms with E-state index in [1.807, 2.05) is 0 Å². The topological polar surface area (TPSA) is 15.3 Å². The molecule has 2 nitrogen and oxygen atoms in total. The minimum absolute atomic E-state index is 0.395. The maximum absolute atomic E-state index is 3.59. The van der Waals surface area contributed by atoms with Gasteiger partial charge in [0, 0.05) is 25.2 Å². The fourth-order valence-electron chi connectivity index (χ4n) is 4.04. The molecule has 4 rings (SSSR count). The van der Waals surface area contributed by atoms with Gasteiger partial charge in [0.2, 0.25) is 0 Å². The van der Waals surface area contributed by atoms with E-state index in [0.717, 1.165) is 13.1 Å². The van der Waals surface area contributed by atoms with Crippen LogP contribution >= 0.6 is 0 Å². The largest absolute Gasteiger partial charge is 0.314 e. The summed E-state index contributed by atoms with van der Waals surface area (Å²) in [6, 6.07) is 23.7. The lowest BCUT2D eigenvalue weighted by molar-refractivity contribution is 0.117. The SMILES string of the molecule is c1ccc(C(c2ccccc2)N2C3CCC2CNC3)cc1. The number of rotatable bonds is 3. The van der Waals surface area contributed by atoms with Crippen LogP contribution in [0.15, 0.2) is 60.7 Å². The van der Waals surface area contributed by atoms with Crippen molar-refractivity contribution in [1.82, 2.24) is 10.2 Å². The molecule has 0 radical (unpaired) electrons. The minimum atomic E-state index is 0.395. The number of hydrogen-bond acceptors (Lipinski definition) is 2. The molecule has 2 aromatic rings. The van der Waals surface area contributed by atoms with Crippen molar-refractivity contribution in [2.75, 3.05) is 13.1 Å². The molecule has 2 heteroatoms. The third-order valence-corrected chi connectivity index (χ3v) is 4.97. The lowest BCUT2D eigenvalue weighted by Crippen LogP contribution is -2.53. The van der Waals surface area contributed by atoms with Gasteiger partial charge >= 0.3 is 0 Å². The summed E-state index contributed by atoms with van der Waals surface area (Å²) in [5.41, 5.74) is 2.84. The van der Waals surface area contributed by atoms with Gasteiger partial charge in [-0.15, -0.1) is 0 Å². The van der Waals surface area contributed by atoms with Crippen molar-refractivity contribution in [3.63, 3.8) is 0 Å². The quantitative estimate of drug-likeness (QED) is 0.927. The van der Waals surface area contributed by atoms with Crippen molar-refractivity contribution in [3.8, 4) is 0 Å². The van der Waals surface area contributed by atoms with Gasteiger partial charge in [0.15, 0.2) is 0 Å². The first kappa shape index (κ1) is 13.1. The molecule has 0 spiro atoms. The Labute approximate surface area is 126 Å². The number of nitrogens with zero attached hydrogens (tertiary/aromatic N) is 1. The Hall–Kier alpha value is -1.64. The Morgan fingerprint density at radius 2 is 1.24 bits per heavy atom. The standard InChI is InChI=1S/C19H22N2/c1-3-7-15(8-4-1)19(16-9-5-2-6-10-16)21-17-11-12-18(21)14-20-13-17/h1-10,17-20H,11-14H2. The van der Waals surface area contributed by atoms with Crippen LogP contribution in [0.5, 0.6) is 0 Å². The molecule has 108 valence electrons. The van der Waals surface area contributed by atoms with Gasteiger partial charge in [-0.2, -0.15) is 0 Å². The Morgan fingerprint density at radius 3 is 1.71 bits per heavy atom. The maximum Gasteiger partial charge on any atom is 0.0607 e. The van der Waals surface area contributed by atoms with Crippen molar-refractivity contribution in [2.24, 2.45) is 0 Å². The van der Waals surface area contributed by atoms with Crippen LogP contribution in [0.4, 0.5) is 0 Å². The first-order valence-electron chi connectivity index (χ1n) is 8.01. The molecule has 2 saturated heterocycles. The summed E-state index contributed by atoms with van der Waals surface area (Å²) in [4.78, 5) is 2.77. The van der Waals surface area contributed by atoms with Gasteiger partial charge in [-0.05, 0) is 24.0 Å². The Kier molecular flexibility index (Phi) is 3.50. The summed E-state index contributed by atoms with van der Waals surface area (Å²) in [7, 11) is 0. The van der Waals surface area contributed by atoms with E-state index in [-0.39, 0.29) is 0 Å². The summed E-state index contributed by atoms with van der Waals surface area (Å²) >= 11 is 0. The number of benzene rings is 2. The van der Waals surface area contributed by atoms with Crippen LogP contribution in [0.25, 0.3) is 0 Å². The smallest absolute Gasteiger partial charge is 0.0607 e. The van der Waals surface area contributed by atoms with Crippen molar-refractivity contribution in [3.05, 3.63) is 71.8 Å². The zero-order valence-electron chi connectivity index (χ0n) is 12.3. The van der Waals surface area contributed by atoms with Crippen LogP contribution in [0.3, 0.4) is 0 Å². The zero-order chi connectivity index (χ0) is 14.1. The maximum atomic E-state index is 3.59. The van der Waals surface area contributed by atoms with Crippen LogP contribution in [0.2, 0.25) is 0 Å². The molecule has 21 heavy (non-hydrogen) atoms. The first-order valence-corrected chi connectivity index (χ1v) is 8.01. The van der Waals surface area contributed by atoms with E-state index in [1.54, 1.807) is 0 Å². The summed E-state index contributed by atoms with van der Waals surface area (Å²) in [5, 5.41) is 3.59. The van der Waals surface area contributed by atoms with Gasteiger partial charge in [-0.25, -0.2) is 0 Å². The van der Waals surface area contributed by atoms with Gasteiger partial charge < -0.3 is 5.32 Å². The van der Waals surface area contributed by atoms with Crippen LogP contribution < -0.4 is 5.32 Å². The molecule has 2 heterocycles. The van der Waals surface area contributed by atoms with Crippen LogP contribution in [-0.4, -0.2) is 30.1 Å². The second-order valence-electron chi connectivity index (χ2n) is 6.21. The summed E-state index contributed by atoms with van der Waals surface area (Å²) < 4.78 is 0. The molecule has 2 unspecified atom stereocenters. The van der Waals surface area contributed by atoms with E-state index in [1.165, 1.54) is 24.0 Å². The highest BCUT2D eigenvalue weighted by molar-refractivity contribution is 5.33. The third-order valence-electron chi connectivity index (χ3n) is 4.97. The van der Waals surface area contributed by atoms with Crippen molar-refractivity contribution in [2.45, 2.75) is 31.0 Å². The Balaban J connectivity index is 1.77. The highest BCUT2D eigenvalue weighted by atomic mass is 15.3. The number of fused-ring (bicyclic) bond motifs is 2. The van der Waals surface area contributed by atoms with E-state index >= 15 is 0 Å². The summed E-state index contributed by atoms with van der Waals surface area (Å²) in [5.74, 6) is 0. The molecule has 2 atom stereocenters. The monoisotopic (exact) mass is 278 g/mol. The molecule has 2 fully saturated rings. The number of hydrogen-bond donors (Lipinski definition) is 1. The molecular formula is C19H22N2. The molecule has 0 saturated carbocycles. The van der Waals surface area contributed by atoms with Gasteiger partial charge in [-0.3, -0.25) is 4.90 Å². The predicted molar refractivity (Wildman–Crippen MR) is 86.2 cm³/mol. The molecule has 0 aromatic heterocycles. The normalized spacial score (nSPS) is 25.4. The van der Waals surface area contributed by atoms with Gasteiger partial charge in [0.1, 0.15) is 0 Å². The van der Waals surface area contributed by atoms with Gasteiger partial charge in [0.25, 0.3) is 0 Å². The molecule has 2 aliphatic heterocycles.